The van der Waals surface area contributed by atoms with E-state index in [1.54, 1.807) is 13.4 Å². The predicted molar refractivity (Wildman–Crippen MR) is 98.7 cm³/mol. The van der Waals surface area contributed by atoms with Gasteiger partial charge in [0.05, 0.1) is 0 Å². The van der Waals surface area contributed by atoms with Crippen molar-refractivity contribution in [3.8, 4) is 0 Å². The van der Waals surface area contributed by atoms with Gasteiger partial charge in [-0.3, -0.25) is 4.99 Å². The largest absolute Gasteiger partial charge is 0.461 e. The van der Waals surface area contributed by atoms with E-state index in [9.17, 15) is 0 Å². The van der Waals surface area contributed by atoms with Crippen molar-refractivity contribution < 1.29 is 4.42 Å². The highest BCUT2D eigenvalue weighted by atomic mass is 16.3. The van der Waals surface area contributed by atoms with E-state index >= 15 is 0 Å². The van der Waals surface area contributed by atoms with Crippen molar-refractivity contribution in [2.45, 2.75) is 26.3 Å². The summed E-state index contributed by atoms with van der Waals surface area (Å²) in [4.78, 5) is 4.25. The lowest BCUT2D eigenvalue weighted by molar-refractivity contribution is 0.544. The molecule has 0 bridgehead atoms. The second kappa shape index (κ2) is 8.32. The molecule has 0 unspecified atom stereocenters. The quantitative estimate of drug-likeness (QED) is 0.508. The lowest BCUT2D eigenvalue weighted by Gasteiger charge is -2.12. The first-order valence-electron chi connectivity index (χ1n) is 8.58. The second-order valence-electron chi connectivity index (χ2n) is 5.72. The highest BCUT2D eigenvalue weighted by molar-refractivity contribution is 5.79. The molecule has 2 heterocycles. The Kier molecular flexibility index (Phi) is 5.66. The van der Waals surface area contributed by atoms with Crippen LogP contribution in [0.1, 0.15) is 18.5 Å². The zero-order valence-corrected chi connectivity index (χ0v) is 14.7. The van der Waals surface area contributed by atoms with Crippen molar-refractivity contribution in [2.24, 2.45) is 4.99 Å². The molecule has 0 aliphatic heterocycles. The van der Waals surface area contributed by atoms with Gasteiger partial charge in [0.2, 0.25) is 0 Å². The first kappa shape index (κ1) is 17.0. The van der Waals surface area contributed by atoms with Crippen molar-refractivity contribution >= 4 is 16.9 Å². The molecule has 0 radical (unpaired) electrons. The zero-order valence-electron chi connectivity index (χ0n) is 14.7. The molecule has 0 amide bonds. The Morgan fingerprint density at radius 1 is 1.24 bits per heavy atom. The van der Waals surface area contributed by atoms with Crippen molar-refractivity contribution in [1.29, 1.82) is 0 Å². The molecule has 2 aromatic heterocycles. The number of aliphatic imine (C=N–C) groups is 1. The fourth-order valence-electron chi connectivity index (χ4n) is 2.72. The van der Waals surface area contributed by atoms with Gasteiger partial charge in [-0.1, -0.05) is 25.1 Å². The normalized spacial score (nSPS) is 11.8. The lowest BCUT2D eigenvalue weighted by atomic mass is 10.2. The van der Waals surface area contributed by atoms with Crippen LogP contribution in [0.4, 0.5) is 0 Å². The first-order valence-corrected chi connectivity index (χ1v) is 8.58. The molecule has 1 aromatic carbocycles. The molecule has 0 atom stereocenters. The third-order valence-corrected chi connectivity index (χ3v) is 4.02. The van der Waals surface area contributed by atoms with Gasteiger partial charge >= 0.3 is 0 Å². The maximum absolute atomic E-state index is 5.82. The topological polar surface area (TPSA) is 80.3 Å². The molecule has 0 saturated heterocycles. The molecule has 0 spiro atoms. The third kappa shape index (κ3) is 4.37. The summed E-state index contributed by atoms with van der Waals surface area (Å²) in [5.74, 6) is 2.75. The van der Waals surface area contributed by atoms with Crippen LogP contribution in [0.5, 0.6) is 0 Å². The van der Waals surface area contributed by atoms with Crippen molar-refractivity contribution in [3.05, 3.63) is 48.2 Å². The molecular weight excluding hydrogens is 316 g/mol. The molecule has 3 aromatic rings. The lowest BCUT2D eigenvalue weighted by Crippen LogP contribution is -2.39. The van der Waals surface area contributed by atoms with Crippen molar-refractivity contribution in [3.63, 3.8) is 0 Å². The zero-order chi connectivity index (χ0) is 17.5. The number of nitrogens with one attached hydrogen (secondary N) is 2. The van der Waals surface area contributed by atoms with Crippen LogP contribution in [0, 0.1) is 0 Å². The van der Waals surface area contributed by atoms with Gasteiger partial charge in [0.1, 0.15) is 23.5 Å². The van der Waals surface area contributed by atoms with Crippen molar-refractivity contribution in [2.75, 3.05) is 20.1 Å². The Morgan fingerprint density at radius 3 is 2.88 bits per heavy atom. The molecule has 132 valence electrons. The summed E-state index contributed by atoms with van der Waals surface area (Å²) < 4.78 is 7.87. The summed E-state index contributed by atoms with van der Waals surface area (Å²) in [7, 11) is 1.77. The van der Waals surface area contributed by atoms with E-state index in [-0.39, 0.29) is 0 Å². The molecule has 0 aliphatic rings. The minimum Gasteiger partial charge on any atom is -0.461 e. The second-order valence-corrected chi connectivity index (χ2v) is 5.72. The molecule has 7 heteroatoms. The van der Waals surface area contributed by atoms with E-state index < -0.39 is 0 Å². The maximum Gasteiger partial charge on any atom is 0.191 e. The first-order chi connectivity index (χ1) is 12.3. The van der Waals surface area contributed by atoms with Gasteiger partial charge < -0.3 is 19.6 Å². The third-order valence-electron chi connectivity index (χ3n) is 4.02. The average molecular weight is 340 g/mol. The summed E-state index contributed by atoms with van der Waals surface area (Å²) in [5.41, 5.74) is 0.931. The van der Waals surface area contributed by atoms with E-state index in [0.717, 1.165) is 61.0 Å². The molecule has 7 nitrogen and oxygen atoms in total. The molecule has 0 fully saturated rings. The summed E-state index contributed by atoms with van der Waals surface area (Å²) in [5, 5.41) is 15.8. The number of rotatable bonds is 7. The van der Waals surface area contributed by atoms with Gasteiger partial charge in [0.25, 0.3) is 0 Å². The summed E-state index contributed by atoms with van der Waals surface area (Å²) in [6, 6.07) is 10.1. The van der Waals surface area contributed by atoms with Crippen LogP contribution in [0.2, 0.25) is 0 Å². The summed E-state index contributed by atoms with van der Waals surface area (Å²) >= 11 is 0. The van der Waals surface area contributed by atoms with Crippen LogP contribution in [0.3, 0.4) is 0 Å². The fourth-order valence-corrected chi connectivity index (χ4v) is 2.72. The van der Waals surface area contributed by atoms with Crippen LogP contribution in [0.15, 0.2) is 46.1 Å². The molecule has 25 heavy (non-hydrogen) atoms. The number of guanidine groups is 1. The summed E-state index contributed by atoms with van der Waals surface area (Å²) in [6.07, 6.45) is 3.45. The monoisotopic (exact) mass is 340 g/mol. The number of fused-ring (bicyclic) bond motifs is 1. The van der Waals surface area contributed by atoms with Gasteiger partial charge in [-0.2, -0.15) is 0 Å². The van der Waals surface area contributed by atoms with Gasteiger partial charge in [-0.15, -0.1) is 10.2 Å². The highest BCUT2D eigenvalue weighted by Crippen LogP contribution is 2.18. The van der Waals surface area contributed by atoms with Crippen LogP contribution in [-0.2, 0) is 19.4 Å². The predicted octanol–water partition coefficient (Wildman–Crippen LogP) is 1.99. The number of nitrogens with zero attached hydrogens (tertiary/aromatic N) is 4. The van der Waals surface area contributed by atoms with Crippen LogP contribution < -0.4 is 10.6 Å². The Hall–Kier alpha value is -2.83. The van der Waals surface area contributed by atoms with E-state index in [2.05, 4.69) is 49.4 Å². The minimum atomic E-state index is 0.756. The Bertz CT molecular complexity index is 802. The number of hydrogen-bond donors (Lipinski definition) is 2. The number of hydrogen-bond acceptors (Lipinski definition) is 4. The molecule has 3 rings (SSSR count). The average Bonchev–Trinajstić information content (AvgIpc) is 3.26. The number of para-hydroxylation sites is 1. The number of aromatic nitrogens is 3. The number of benzene rings is 1. The molecule has 0 saturated carbocycles. The van der Waals surface area contributed by atoms with Crippen LogP contribution in [-0.4, -0.2) is 40.9 Å². The van der Waals surface area contributed by atoms with Gasteiger partial charge in [-0.05, 0) is 12.1 Å². The van der Waals surface area contributed by atoms with E-state index in [4.69, 9.17) is 4.42 Å². The van der Waals surface area contributed by atoms with Gasteiger partial charge in [-0.25, -0.2) is 0 Å². The van der Waals surface area contributed by atoms with Gasteiger partial charge in [0.15, 0.2) is 5.96 Å². The van der Waals surface area contributed by atoms with Crippen LogP contribution >= 0.6 is 0 Å². The minimum absolute atomic E-state index is 0.756. The molecular formula is C18H24N6O. The van der Waals surface area contributed by atoms with E-state index in [0.29, 0.717) is 0 Å². The number of furan rings is 1. The van der Waals surface area contributed by atoms with Crippen LogP contribution in [0.25, 0.3) is 11.0 Å². The Labute approximate surface area is 147 Å². The molecule has 0 aliphatic carbocycles. The summed E-state index contributed by atoms with van der Waals surface area (Å²) in [6.45, 7) is 4.40. The molecule has 2 N–H and O–H groups in total. The maximum atomic E-state index is 5.82. The smallest absolute Gasteiger partial charge is 0.191 e. The van der Waals surface area contributed by atoms with Crippen molar-refractivity contribution in [1.82, 2.24) is 25.4 Å². The van der Waals surface area contributed by atoms with Gasteiger partial charge in [0, 0.05) is 44.9 Å². The SMILES string of the molecule is CCc1nncn1CCNC(=NC)NCCc1cc2ccccc2o1. The Morgan fingerprint density at radius 2 is 2.08 bits per heavy atom. The fraction of sp³-hybridized carbons (Fsp3) is 0.389. The Balaban J connectivity index is 1.43. The number of aryl methyl sites for hydroxylation is 1. The highest BCUT2D eigenvalue weighted by Gasteiger charge is 2.04. The van der Waals surface area contributed by atoms with E-state index in [1.165, 1.54) is 0 Å². The van der Waals surface area contributed by atoms with E-state index in [1.807, 2.05) is 18.2 Å². The standard InChI is InChI=1S/C18H24N6O/c1-3-17-23-22-13-24(17)11-10-21-18(19-2)20-9-8-15-12-14-6-4-5-7-16(14)25-15/h4-7,12-13H,3,8-11H2,1-2H3,(H2,19,20,21).